The summed E-state index contributed by atoms with van der Waals surface area (Å²) in [7, 11) is 0. The molecule has 8 nitrogen and oxygen atoms in total. The summed E-state index contributed by atoms with van der Waals surface area (Å²) in [6, 6.07) is 17.4. The Morgan fingerprint density at radius 1 is 0.968 bits per heavy atom. The number of furan rings is 1. The molecule has 2 amide bonds. The fourth-order valence-corrected chi connectivity index (χ4v) is 3.69. The highest BCUT2D eigenvalue weighted by molar-refractivity contribution is 7.98. The van der Waals surface area contributed by atoms with E-state index in [2.05, 4.69) is 20.8 Å². The highest BCUT2D eigenvalue weighted by Gasteiger charge is 2.14. The number of aryl methyl sites for hydroxylation is 1. The van der Waals surface area contributed by atoms with Crippen LogP contribution in [0.2, 0.25) is 0 Å². The number of carbonyl (C=O) groups is 2. The quantitative estimate of drug-likeness (QED) is 0.403. The number of anilines is 2. The first kappa shape index (κ1) is 20.4. The number of benzene rings is 2. The van der Waals surface area contributed by atoms with E-state index in [1.54, 1.807) is 55.5 Å². The lowest BCUT2D eigenvalue weighted by Gasteiger charge is -2.11. The Balaban J connectivity index is 1.44. The van der Waals surface area contributed by atoms with E-state index in [4.69, 9.17) is 8.94 Å². The third kappa shape index (κ3) is 5.20. The third-order valence-electron chi connectivity index (χ3n) is 4.18. The maximum absolute atomic E-state index is 12.9. The summed E-state index contributed by atoms with van der Waals surface area (Å²) in [6.07, 6.45) is 1.43. The van der Waals surface area contributed by atoms with Crippen LogP contribution in [0.1, 0.15) is 32.6 Å². The second-order valence-electron chi connectivity index (χ2n) is 6.48. The van der Waals surface area contributed by atoms with Crippen LogP contribution in [0, 0.1) is 6.92 Å². The number of nitrogens with zero attached hydrogens (tertiary/aromatic N) is 2. The molecule has 0 atom stereocenters. The predicted octanol–water partition coefficient (Wildman–Crippen LogP) is 4.77. The molecule has 2 aromatic heterocycles. The van der Waals surface area contributed by atoms with Crippen LogP contribution in [0.4, 0.5) is 11.4 Å². The van der Waals surface area contributed by atoms with Gasteiger partial charge in [-0.25, -0.2) is 0 Å². The van der Waals surface area contributed by atoms with Crippen LogP contribution < -0.4 is 10.6 Å². The molecule has 4 rings (SSSR count). The van der Waals surface area contributed by atoms with E-state index in [0.717, 1.165) is 4.90 Å². The number of amides is 2. The van der Waals surface area contributed by atoms with Crippen molar-refractivity contribution in [2.75, 3.05) is 10.6 Å². The Bertz CT molecular complexity index is 1200. The van der Waals surface area contributed by atoms with Crippen LogP contribution in [0.3, 0.4) is 0 Å². The van der Waals surface area contributed by atoms with Crippen molar-refractivity contribution < 1.29 is 18.5 Å². The Morgan fingerprint density at radius 3 is 2.45 bits per heavy atom. The van der Waals surface area contributed by atoms with Gasteiger partial charge in [0.1, 0.15) is 0 Å². The van der Waals surface area contributed by atoms with Crippen molar-refractivity contribution in [3.63, 3.8) is 0 Å². The normalized spacial score (nSPS) is 10.6. The molecule has 0 saturated heterocycles. The zero-order valence-corrected chi connectivity index (χ0v) is 17.3. The largest absolute Gasteiger partial charge is 0.459 e. The first-order valence-corrected chi connectivity index (χ1v) is 10.3. The fraction of sp³-hybridized carbons (Fsp3) is 0.0909. The van der Waals surface area contributed by atoms with Crippen molar-refractivity contribution in [3.05, 3.63) is 90.0 Å². The molecule has 0 spiro atoms. The molecule has 156 valence electrons. The molecule has 2 aromatic carbocycles. The van der Waals surface area contributed by atoms with Gasteiger partial charge in [-0.1, -0.05) is 23.4 Å². The SMILES string of the molecule is Cc1nc(CSc2ccccc2C(=O)Nc2cccc(NC(=O)c3ccco3)c2)no1. The molecule has 0 saturated carbocycles. The van der Waals surface area contributed by atoms with E-state index < -0.39 is 0 Å². The Labute approximate surface area is 182 Å². The molecular formula is C22H18N4O4S. The number of rotatable bonds is 7. The van der Waals surface area contributed by atoms with Gasteiger partial charge < -0.3 is 19.6 Å². The molecule has 0 unspecified atom stereocenters. The molecule has 0 fully saturated rings. The number of hydrogen-bond acceptors (Lipinski definition) is 7. The minimum Gasteiger partial charge on any atom is -0.459 e. The van der Waals surface area contributed by atoms with Gasteiger partial charge in [-0.2, -0.15) is 4.98 Å². The number of thioether (sulfide) groups is 1. The topological polar surface area (TPSA) is 110 Å². The van der Waals surface area contributed by atoms with Crippen molar-refractivity contribution in [2.24, 2.45) is 0 Å². The average molecular weight is 434 g/mol. The molecule has 0 bridgehead atoms. The van der Waals surface area contributed by atoms with Crippen molar-refractivity contribution in [2.45, 2.75) is 17.6 Å². The molecule has 31 heavy (non-hydrogen) atoms. The lowest BCUT2D eigenvalue weighted by Crippen LogP contribution is -2.14. The first-order chi connectivity index (χ1) is 15.1. The standard InChI is InChI=1S/C22H18N4O4S/c1-14-23-20(26-30-14)13-31-19-10-3-2-8-17(19)21(27)24-15-6-4-7-16(12-15)25-22(28)18-9-5-11-29-18/h2-12H,13H2,1H3,(H,24,27)(H,25,28). The summed E-state index contributed by atoms with van der Waals surface area (Å²) in [6.45, 7) is 1.73. The summed E-state index contributed by atoms with van der Waals surface area (Å²) in [5.41, 5.74) is 1.61. The summed E-state index contributed by atoms with van der Waals surface area (Å²) in [5.74, 6) is 1.13. The van der Waals surface area contributed by atoms with Crippen LogP contribution >= 0.6 is 11.8 Å². The third-order valence-corrected chi connectivity index (χ3v) is 5.25. The van der Waals surface area contributed by atoms with Crippen molar-refractivity contribution >= 4 is 35.0 Å². The van der Waals surface area contributed by atoms with Gasteiger partial charge in [0.25, 0.3) is 11.8 Å². The average Bonchev–Trinajstić information content (AvgIpc) is 3.45. The van der Waals surface area contributed by atoms with E-state index in [-0.39, 0.29) is 17.6 Å². The summed E-state index contributed by atoms with van der Waals surface area (Å²) in [5, 5.41) is 9.49. The van der Waals surface area contributed by atoms with Gasteiger partial charge in [0.15, 0.2) is 11.6 Å². The van der Waals surface area contributed by atoms with E-state index in [1.165, 1.54) is 18.0 Å². The molecule has 0 aliphatic heterocycles. The lowest BCUT2D eigenvalue weighted by atomic mass is 10.2. The van der Waals surface area contributed by atoms with Crippen LogP contribution in [0.15, 0.2) is 80.8 Å². The van der Waals surface area contributed by atoms with Gasteiger partial charge in [0, 0.05) is 23.2 Å². The maximum Gasteiger partial charge on any atom is 0.291 e. The summed E-state index contributed by atoms with van der Waals surface area (Å²) >= 11 is 1.45. The van der Waals surface area contributed by atoms with E-state index in [9.17, 15) is 9.59 Å². The number of hydrogen-bond donors (Lipinski definition) is 2. The van der Waals surface area contributed by atoms with Gasteiger partial charge in [-0.15, -0.1) is 11.8 Å². The zero-order valence-electron chi connectivity index (χ0n) is 16.5. The summed E-state index contributed by atoms with van der Waals surface area (Å²) in [4.78, 5) is 30.0. The highest BCUT2D eigenvalue weighted by atomic mass is 32.2. The molecule has 0 aliphatic rings. The van der Waals surface area contributed by atoms with Gasteiger partial charge >= 0.3 is 0 Å². The van der Waals surface area contributed by atoms with Crippen LogP contribution in [0.5, 0.6) is 0 Å². The Morgan fingerprint density at radius 2 is 1.74 bits per heavy atom. The van der Waals surface area contributed by atoms with Crippen molar-refractivity contribution in [3.8, 4) is 0 Å². The predicted molar refractivity (Wildman–Crippen MR) is 116 cm³/mol. The molecule has 0 radical (unpaired) electrons. The Kier molecular flexibility index (Phi) is 6.13. The van der Waals surface area contributed by atoms with Gasteiger partial charge in [0.05, 0.1) is 17.6 Å². The molecule has 2 heterocycles. The second-order valence-corrected chi connectivity index (χ2v) is 7.50. The van der Waals surface area contributed by atoms with E-state index in [0.29, 0.717) is 34.4 Å². The van der Waals surface area contributed by atoms with Crippen molar-refractivity contribution in [1.29, 1.82) is 0 Å². The molecule has 0 aliphatic carbocycles. The molecule has 4 aromatic rings. The minimum atomic E-state index is -0.369. The van der Waals surface area contributed by atoms with Gasteiger partial charge in [0.2, 0.25) is 5.89 Å². The number of nitrogens with one attached hydrogen (secondary N) is 2. The summed E-state index contributed by atoms with van der Waals surface area (Å²) < 4.78 is 10.1. The molecule has 2 N–H and O–H groups in total. The zero-order chi connectivity index (χ0) is 21.6. The highest BCUT2D eigenvalue weighted by Crippen LogP contribution is 2.26. The van der Waals surface area contributed by atoms with Crippen LogP contribution in [-0.2, 0) is 5.75 Å². The first-order valence-electron chi connectivity index (χ1n) is 9.36. The van der Waals surface area contributed by atoms with Crippen molar-refractivity contribution in [1.82, 2.24) is 10.1 Å². The fourth-order valence-electron chi connectivity index (χ4n) is 2.80. The van der Waals surface area contributed by atoms with E-state index >= 15 is 0 Å². The van der Waals surface area contributed by atoms with Gasteiger partial charge in [-0.05, 0) is 42.5 Å². The second kappa shape index (κ2) is 9.31. The Hall–Kier alpha value is -3.85. The molecule has 9 heteroatoms. The van der Waals surface area contributed by atoms with Crippen LogP contribution in [-0.4, -0.2) is 22.0 Å². The minimum absolute atomic E-state index is 0.206. The monoisotopic (exact) mass is 434 g/mol. The molecular weight excluding hydrogens is 416 g/mol. The lowest BCUT2D eigenvalue weighted by molar-refractivity contribution is 0.0994. The maximum atomic E-state index is 12.9. The number of carbonyl (C=O) groups excluding carboxylic acids is 2. The van der Waals surface area contributed by atoms with E-state index in [1.807, 2.05) is 12.1 Å². The van der Waals surface area contributed by atoms with Crippen LogP contribution in [0.25, 0.3) is 0 Å². The smallest absolute Gasteiger partial charge is 0.291 e. The number of aromatic nitrogens is 2. The van der Waals surface area contributed by atoms with Gasteiger partial charge in [-0.3, -0.25) is 9.59 Å².